The standard InChI is InChI=1S/C13H22N2O2S/c1-3-12-6-8-13(9-7-12)18(16,17)15-11-5-10-14-4-2/h6-9,14-15H,3-5,10-11H2,1-2H3. The molecule has 0 spiro atoms. The summed E-state index contributed by atoms with van der Waals surface area (Å²) in [6.45, 7) is 6.27. The molecule has 0 aliphatic rings. The summed E-state index contributed by atoms with van der Waals surface area (Å²) >= 11 is 0. The number of rotatable bonds is 8. The topological polar surface area (TPSA) is 58.2 Å². The molecule has 0 unspecified atom stereocenters. The van der Waals surface area contributed by atoms with Crippen LogP contribution in [0.15, 0.2) is 29.2 Å². The van der Waals surface area contributed by atoms with Crippen molar-refractivity contribution in [1.82, 2.24) is 10.0 Å². The van der Waals surface area contributed by atoms with Gasteiger partial charge in [0, 0.05) is 6.54 Å². The van der Waals surface area contributed by atoms with Crippen molar-refractivity contribution in [2.75, 3.05) is 19.6 Å². The van der Waals surface area contributed by atoms with Gasteiger partial charge in [-0.3, -0.25) is 0 Å². The Kier molecular flexibility index (Phi) is 6.32. The number of sulfonamides is 1. The van der Waals surface area contributed by atoms with Crippen LogP contribution in [0.3, 0.4) is 0 Å². The second-order valence-electron chi connectivity index (χ2n) is 4.10. The maximum Gasteiger partial charge on any atom is 0.240 e. The molecule has 0 saturated heterocycles. The first-order valence-corrected chi connectivity index (χ1v) is 7.87. The molecule has 0 aliphatic heterocycles. The summed E-state index contributed by atoms with van der Waals surface area (Å²) in [7, 11) is -3.35. The van der Waals surface area contributed by atoms with Crippen LogP contribution in [0, 0.1) is 0 Å². The smallest absolute Gasteiger partial charge is 0.240 e. The molecule has 0 aliphatic carbocycles. The van der Waals surface area contributed by atoms with E-state index in [1.807, 2.05) is 26.0 Å². The minimum atomic E-state index is -3.35. The number of benzene rings is 1. The predicted octanol–water partition coefficient (Wildman–Crippen LogP) is 1.53. The molecule has 1 rings (SSSR count). The van der Waals surface area contributed by atoms with Crippen LogP contribution in [0.25, 0.3) is 0 Å². The Morgan fingerprint density at radius 1 is 1.06 bits per heavy atom. The highest BCUT2D eigenvalue weighted by Gasteiger charge is 2.12. The van der Waals surface area contributed by atoms with Crippen molar-refractivity contribution in [3.63, 3.8) is 0 Å². The van der Waals surface area contributed by atoms with Crippen molar-refractivity contribution in [3.8, 4) is 0 Å². The van der Waals surface area contributed by atoms with Crippen molar-refractivity contribution in [2.45, 2.75) is 31.6 Å². The van der Waals surface area contributed by atoms with E-state index in [-0.39, 0.29) is 0 Å². The fraction of sp³-hybridized carbons (Fsp3) is 0.538. The second kappa shape index (κ2) is 7.51. The average molecular weight is 270 g/mol. The fourth-order valence-electron chi connectivity index (χ4n) is 1.58. The van der Waals surface area contributed by atoms with Crippen LogP contribution in [0.1, 0.15) is 25.8 Å². The van der Waals surface area contributed by atoms with E-state index in [0.29, 0.717) is 11.4 Å². The first-order chi connectivity index (χ1) is 8.60. The third-order valence-electron chi connectivity index (χ3n) is 2.71. The van der Waals surface area contributed by atoms with Gasteiger partial charge >= 0.3 is 0 Å². The van der Waals surface area contributed by atoms with Crippen molar-refractivity contribution in [3.05, 3.63) is 29.8 Å². The Labute approximate surface area is 110 Å². The van der Waals surface area contributed by atoms with Gasteiger partial charge in [0.2, 0.25) is 10.0 Å². The quantitative estimate of drug-likeness (QED) is 0.704. The molecule has 0 bridgehead atoms. The van der Waals surface area contributed by atoms with Crippen molar-refractivity contribution in [2.24, 2.45) is 0 Å². The molecule has 0 fully saturated rings. The van der Waals surface area contributed by atoms with Gasteiger partial charge in [0.15, 0.2) is 0 Å². The molecule has 0 aromatic heterocycles. The molecule has 2 N–H and O–H groups in total. The van der Waals surface area contributed by atoms with Crippen LogP contribution in [0.2, 0.25) is 0 Å². The van der Waals surface area contributed by atoms with Gasteiger partial charge in [-0.25, -0.2) is 13.1 Å². The van der Waals surface area contributed by atoms with Crippen LogP contribution in [-0.2, 0) is 16.4 Å². The number of hydrogen-bond acceptors (Lipinski definition) is 3. The van der Waals surface area contributed by atoms with Gasteiger partial charge in [0.25, 0.3) is 0 Å². The van der Waals surface area contributed by atoms with Crippen molar-refractivity contribution < 1.29 is 8.42 Å². The molecule has 0 amide bonds. The summed E-state index contributed by atoms with van der Waals surface area (Å²) in [5.74, 6) is 0. The van der Waals surface area contributed by atoms with E-state index in [2.05, 4.69) is 10.0 Å². The van der Waals surface area contributed by atoms with E-state index in [0.717, 1.165) is 31.5 Å². The third kappa shape index (κ3) is 4.76. The van der Waals surface area contributed by atoms with Gasteiger partial charge in [-0.15, -0.1) is 0 Å². The van der Waals surface area contributed by atoms with Crippen LogP contribution in [-0.4, -0.2) is 28.1 Å². The van der Waals surface area contributed by atoms with E-state index < -0.39 is 10.0 Å². The van der Waals surface area contributed by atoms with Gasteiger partial charge in [0.1, 0.15) is 0 Å². The molecule has 0 atom stereocenters. The highest BCUT2D eigenvalue weighted by atomic mass is 32.2. The molecule has 102 valence electrons. The number of hydrogen-bond donors (Lipinski definition) is 2. The van der Waals surface area contributed by atoms with Crippen LogP contribution in [0.5, 0.6) is 0 Å². The zero-order valence-electron chi connectivity index (χ0n) is 11.1. The maximum atomic E-state index is 11.9. The molecule has 18 heavy (non-hydrogen) atoms. The first-order valence-electron chi connectivity index (χ1n) is 6.39. The Balaban J connectivity index is 2.51. The Bertz CT molecular complexity index is 441. The molecule has 5 heteroatoms. The van der Waals surface area contributed by atoms with Crippen LogP contribution < -0.4 is 10.0 Å². The minimum Gasteiger partial charge on any atom is -0.317 e. The normalized spacial score (nSPS) is 11.7. The molecular formula is C13H22N2O2S. The van der Waals surface area contributed by atoms with Gasteiger partial charge in [-0.1, -0.05) is 26.0 Å². The molecular weight excluding hydrogens is 248 g/mol. The zero-order chi connectivity index (χ0) is 13.4. The summed E-state index contributed by atoms with van der Waals surface area (Å²) in [6.07, 6.45) is 1.70. The number of aryl methyl sites for hydroxylation is 1. The van der Waals surface area contributed by atoms with Crippen LogP contribution in [0.4, 0.5) is 0 Å². The van der Waals surface area contributed by atoms with E-state index in [1.54, 1.807) is 12.1 Å². The molecule has 4 nitrogen and oxygen atoms in total. The van der Waals surface area contributed by atoms with Gasteiger partial charge in [-0.2, -0.15) is 0 Å². The second-order valence-corrected chi connectivity index (χ2v) is 5.87. The summed E-state index contributed by atoms with van der Waals surface area (Å²) in [5.41, 5.74) is 1.14. The first kappa shape index (κ1) is 15.1. The van der Waals surface area contributed by atoms with E-state index in [9.17, 15) is 8.42 Å². The third-order valence-corrected chi connectivity index (χ3v) is 4.19. The SMILES string of the molecule is CCNCCCNS(=O)(=O)c1ccc(CC)cc1. The lowest BCUT2D eigenvalue weighted by molar-refractivity contribution is 0.575. The lowest BCUT2D eigenvalue weighted by Gasteiger charge is -2.07. The predicted molar refractivity (Wildman–Crippen MR) is 74.2 cm³/mol. The maximum absolute atomic E-state index is 11.9. The molecule has 1 aromatic rings. The van der Waals surface area contributed by atoms with Gasteiger partial charge in [-0.05, 0) is 43.6 Å². The highest BCUT2D eigenvalue weighted by molar-refractivity contribution is 7.89. The molecule has 0 heterocycles. The molecule has 0 radical (unpaired) electrons. The Morgan fingerprint density at radius 3 is 2.28 bits per heavy atom. The van der Waals surface area contributed by atoms with Crippen LogP contribution >= 0.6 is 0 Å². The van der Waals surface area contributed by atoms with Crippen molar-refractivity contribution >= 4 is 10.0 Å². The highest BCUT2D eigenvalue weighted by Crippen LogP contribution is 2.10. The van der Waals surface area contributed by atoms with E-state index in [4.69, 9.17) is 0 Å². The summed E-state index contributed by atoms with van der Waals surface area (Å²) in [6, 6.07) is 7.03. The van der Waals surface area contributed by atoms with Gasteiger partial charge in [0.05, 0.1) is 4.90 Å². The minimum absolute atomic E-state index is 0.336. The lowest BCUT2D eigenvalue weighted by atomic mass is 10.2. The van der Waals surface area contributed by atoms with E-state index >= 15 is 0 Å². The Morgan fingerprint density at radius 2 is 1.72 bits per heavy atom. The van der Waals surface area contributed by atoms with E-state index in [1.165, 1.54) is 0 Å². The lowest BCUT2D eigenvalue weighted by Crippen LogP contribution is -2.27. The summed E-state index contributed by atoms with van der Waals surface area (Å²) in [4.78, 5) is 0.336. The Hall–Kier alpha value is -0.910. The monoisotopic (exact) mass is 270 g/mol. The zero-order valence-corrected chi connectivity index (χ0v) is 11.9. The molecule has 0 saturated carbocycles. The van der Waals surface area contributed by atoms with Crippen molar-refractivity contribution in [1.29, 1.82) is 0 Å². The number of nitrogens with one attached hydrogen (secondary N) is 2. The fourth-order valence-corrected chi connectivity index (χ4v) is 2.66. The average Bonchev–Trinajstić information content (AvgIpc) is 2.38. The largest absolute Gasteiger partial charge is 0.317 e. The van der Waals surface area contributed by atoms with Gasteiger partial charge < -0.3 is 5.32 Å². The summed E-state index contributed by atoms with van der Waals surface area (Å²) < 4.78 is 26.5. The summed E-state index contributed by atoms with van der Waals surface area (Å²) in [5, 5.41) is 3.15. The molecule has 1 aromatic carbocycles.